The zero-order chi connectivity index (χ0) is 18.3. The van der Waals surface area contributed by atoms with Gasteiger partial charge in [0.05, 0.1) is 24.3 Å². The number of phenols is 1. The molecule has 3 heterocycles. The van der Waals surface area contributed by atoms with Gasteiger partial charge in [-0.25, -0.2) is 0 Å². The van der Waals surface area contributed by atoms with Crippen LogP contribution in [0.3, 0.4) is 0 Å². The number of allylic oxidation sites excluding steroid dienone is 1. The molecule has 6 heteroatoms. The molecule has 1 N–H and O–H groups in total. The average molecular weight is 371 g/mol. The Morgan fingerprint density at radius 1 is 1.27 bits per heavy atom. The Labute approximate surface area is 156 Å². The molecular formula is C20H21NO4S. The van der Waals surface area contributed by atoms with Crippen molar-refractivity contribution in [1.82, 2.24) is 4.90 Å². The average Bonchev–Trinajstić information content (AvgIpc) is 3.17. The number of fused-ring (bicyclic) bond motifs is 1. The molecule has 0 bridgehead atoms. The molecule has 0 saturated carbocycles. The number of carbonyl (C=O) groups excluding carboxylic acids is 1. The number of aryl methyl sites for hydroxylation is 2. The summed E-state index contributed by atoms with van der Waals surface area (Å²) in [5.41, 5.74) is 3.08. The smallest absolute Gasteiger partial charge is 0.232 e. The van der Waals surface area contributed by atoms with Crippen molar-refractivity contribution in [3.63, 3.8) is 0 Å². The molecule has 2 aromatic rings. The lowest BCUT2D eigenvalue weighted by molar-refractivity contribution is 0.0336. The number of hydrogen-bond acceptors (Lipinski definition) is 6. The molecule has 4 rings (SSSR count). The first-order valence-corrected chi connectivity index (χ1v) is 9.56. The highest BCUT2D eigenvalue weighted by atomic mass is 32.1. The number of carbonyl (C=O) groups is 1. The molecule has 5 nitrogen and oxygen atoms in total. The number of hydrogen-bond donors (Lipinski definition) is 1. The normalized spacial score (nSPS) is 19.0. The van der Waals surface area contributed by atoms with E-state index < -0.39 is 0 Å². The first kappa shape index (κ1) is 17.3. The summed E-state index contributed by atoms with van der Waals surface area (Å²) in [6.45, 7) is 7.33. The summed E-state index contributed by atoms with van der Waals surface area (Å²) in [6.07, 6.45) is 1.80. The van der Waals surface area contributed by atoms with Crippen molar-refractivity contribution in [2.75, 3.05) is 26.3 Å². The minimum Gasteiger partial charge on any atom is -0.507 e. The van der Waals surface area contributed by atoms with Crippen LogP contribution in [0, 0.1) is 13.8 Å². The lowest BCUT2D eigenvalue weighted by atomic mass is 9.99. The number of Topliss-reactive ketones (excluding diaryl/α,β-unsaturated/α-hetero) is 1. The van der Waals surface area contributed by atoms with Crippen LogP contribution in [0.1, 0.15) is 31.9 Å². The largest absolute Gasteiger partial charge is 0.507 e. The molecule has 2 aliphatic heterocycles. The van der Waals surface area contributed by atoms with Crippen molar-refractivity contribution in [1.29, 1.82) is 0 Å². The van der Waals surface area contributed by atoms with Crippen molar-refractivity contribution in [2.24, 2.45) is 0 Å². The van der Waals surface area contributed by atoms with Gasteiger partial charge in [0, 0.05) is 30.6 Å². The molecule has 0 radical (unpaired) electrons. The van der Waals surface area contributed by atoms with Gasteiger partial charge in [0.25, 0.3) is 0 Å². The van der Waals surface area contributed by atoms with Crippen LogP contribution in [-0.2, 0) is 11.3 Å². The van der Waals surface area contributed by atoms with Gasteiger partial charge < -0.3 is 14.6 Å². The molecule has 2 aliphatic rings. The van der Waals surface area contributed by atoms with Crippen molar-refractivity contribution < 1.29 is 19.4 Å². The second-order valence-electron chi connectivity index (χ2n) is 6.69. The van der Waals surface area contributed by atoms with Gasteiger partial charge >= 0.3 is 0 Å². The Balaban J connectivity index is 1.72. The number of rotatable bonds is 3. The lowest BCUT2D eigenvalue weighted by Gasteiger charge is -2.27. The molecule has 136 valence electrons. The van der Waals surface area contributed by atoms with Gasteiger partial charge in [0.1, 0.15) is 11.5 Å². The van der Waals surface area contributed by atoms with E-state index >= 15 is 0 Å². The summed E-state index contributed by atoms with van der Waals surface area (Å²) >= 11 is 1.58. The summed E-state index contributed by atoms with van der Waals surface area (Å²) in [6, 6.07) is 3.68. The number of thiophene rings is 1. The van der Waals surface area contributed by atoms with E-state index in [1.807, 2.05) is 25.3 Å². The van der Waals surface area contributed by atoms with Gasteiger partial charge in [-0.15, -0.1) is 11.3 Å². The lowest BCUT2D eigenvalue weighted by Crippen LogP contribution is -2.35. The van der Waals surface area contributed by atoms with E-state index in [9.17, 15) is 9.90 Å². The number of morpholine rings is 1. The maximum Gasteiger partial charge on any atom is 0.232 e. The Morgan fingerprint density at radius 2 is 2.04 bits per heavy atom. The highest BCUT2D eigenvalue weighted by Crippen LogP contribution is 2.42. The zero-order valence-corrected chi connectivity index (χ0v) is 15.7. The molecule has 1 aromatic carbocycles. The Kier molecular flexibility index (Phi) is 4.56. The number of ketones is 1. The SMILES string of the molecule is Cc1ccsc1/C=C1\Oc2c(CN3CCOCC3)c(O)cc(C)c2C1=O. The number of benzene rings is 1. The van der Waals surface area contributed by atoms with Gasteiger partial charge in [0.15, 0.2) is 5.76 Å². The standard InChI is InChI=1S/C20H21NO4S/c1-12-3-8-26-17(12)10-16-19(23)18-13(2)9-15(22)14(20(18)25-16)11-21-4-6-24-7-5-21/h3,8-10,22H,4-7,11H2,1-2H3/b16-10-. The molecule has 1 aromatic heterocycles. The summed E-state index contributed by atoms with van der Waals surface area (Å²) in [4.78, 5) is 16.1. The molecule has 0 spiro atoms. The van der Waals surface area contributed by atoms with E-state index in [2.05, 4.69) is 4.90 Å². The summed E-state index contributed by atoms with van der Waals surface area (Å²) in [5.74, 6) is 0.879. The topological polar surface area (TPSA) is 59.0 Å². The van der Waals surface area contributed by atoms with Crippen LogP contribution in [0.4, 0.5) is 0 Å². The van der Waals surface area contributed by atoms with E-state index in [1.165, 1.54) is 0 Å². The van der Waals surface area contributed by atoms with Gasteiger partial charge in [-0.2, -0.15) is 0 Å². The number of phenolic OH excluding ortho intramolecular Hbond substituents is 1. The van der Waals surface area contributed by atoms with Crippen LogP contribution >= 0.6 is 11.3 Å². The van der Waals surface area contributed by atoms with Crippen LogP contribution in [0.5, 0.6) is 11.5 Å². The molecule has 26 heavy (non-hydrogen) atoms. The molecule has 1 fully saturated rings. The molecule has 0 aliphatic carbocycles. The number of ether oxygens (including phenoxy) is 2. The zero-order valence-electron chi connectivity index (χ0n) is 14.9. The first-order valence-electron chi connectivity index (χ1n) is 8.68. The minimum atomic E-state index is -0.117. The fourth-order valence-corrected chi connectivity index (χ4v) is 4.21. The van der Waals surface area contributed by atoms with E-state index in [0.29, 0.717) is 42.4 Å². The third kappa shape index (κ3) is 3.05. The number of nitrogens with zero attached hydrogens (tertiary/aromatic N) is 1. The van der Waals surface area contributed by atoms with E-state index in [0.717, 1.165) is 29.1 Å². The van der Waals surface area contributed by atoms with Crippen molar-refractivity contribution in [3.8, 4) is 11.5 Å². The van der Waals surface area contributed by atoms with Gasteiger partial charge in [-0.1, -0.05) is 0 Å². The number of aromatic hydroxyl groups is 1. The monoisotopic (exact) mass is 371 g/mol. The third-order valence-corrected chi connectivity index (χ3v) is 5.84. The molecule has 0 atom stereocenters. The Hall–Kier alpha value is -2.15. The fourth-order valence-electron chi connectivity index (χ4n) is 3.37. The summed E-state index contributed by atoms with van der Waals surface area (Å²) in [7, 11) is 0. The summed E-state index contributed by atoms with van der Waals surface area (Å²) < 4.78 is 11.4. The second kappa shape index (κ2) is 6.87. The third-order valence-electron chi connectivity index (χ3n) is 4.87. The highest BCUT2D eigenvalue weighted by Gasteiger charge is 2.34. The second-order valence-corrected chi connectivity index (χ2v) is 7.64. The summed E-state index contributed by atoms with van der Waals surface area (Å²) in [5, 5.41) is 12.5. The van der Waals surface area contributed by atoms with Crippen molar-refractivity contribution >= 4 is 23.2 Å². The predicted molar refractivity (Wildman–Crippen MR) is 101 cm³/mol. The highest BCUT2D eigenvalue weighted by molar-refractivity contribution is 7.11. The van der Waals surface area contributed by atoms with Gasteiger partial charge in [-0.3, -0.25) is 9.69 Å². The molecular weight excluding hydrogens is 350 g/mol. The van der Waals surface area contributed by atoms with E-state index in [4.69, 9.17) is 9.47 Å². The van der Waals surface area contributed by atoms with Crippen LogP contribution in [0.2, 0.25) is 0 Å². The molecule has 0 amide bonds. The van der Waals surface area contributed by atoms with Crippen LogP contribution in [-0.4, -0.2) is 42.1 Å². The fraction of sp³-hybridized carbons (Fsp3) is 0.350. The van der Waals surface area contributed by atoms with Crippen molar-refractivity contribution in [3.05, 3.63) is 50.4 Å². The van der Waals surface area contributed by atoms with Crippen molar-refractivity contribution in [2.45, 2.75) is 20.4 Å². The van der Waals surface area contributed by atoms with Gasteiger partial charge in [-0.05, 0) is 42.5 Å². The van der Waals surface area contributed by atoms with Crippen LogP contribution in [0.25, 0.3) is 6.08 Å². The molecule has 1 saturated heterocycles. The minimum absolute atomic E-state index is 0.117. The first-order chi connectivity index (χ1) is 12.5. The van der Waals surface area contributed by atoms with E-state index in [1.54, 1.807) is 23.5 Å². The Morgan fingerprint density at radius 3 is 2.73 bits per heavy atom. The Bertz CT molecular complexity index is 893. The van der Waals surface area contributed by atoms with Crippen LogP contribution in [0.15, 0.2) is 23.3 Å². The van der Waals surface area contributed by atoms with E-state index in [-0.39, 0.29) is 11.5 Å². The van der Waals surface area contributed by atoms with Crippen LogP contribution < -0.4 is 4.74 Å². The molecule has 0 unspecified atom stereocenters. The maximum absolute atomic E-state index is 12.9. The quantitative estimate of drug-likeness (QED) is 0.837. The maximum atomic E-state index is 12.9. The predicted octanol–water partition coefficient (Wildman–Crippen LogP) is 3.52. The van der Waals surface area contributed by atoms with Gasteiger partial charge in [0.2, 0.25) is 5.78 Å².